The molecule has 1 aliphatic heterocycles. The lowest BCUT2D eigenvalue weighted by Crippen LogP contribution is -2.17. The number of hydrogen-bond acceptors (Lipinski definition) is 4. The van der Waals surface area contributed by atoms with Crippen molar-refractivity contribution < 1.29 is 4.74 Å². The van der Waals surface area contributed by atoms with E-state index in [2.05, 4.69) is 4.98 Å². The molecule has 0 amide bonds. The van der Waals surface area contributed by atoms with E-state index in [1.807, 2.05) is 6.07 Å². The molecule has 0 aromatic carbocycles. The average molecular weight is 245 g/mol. The molecule has 0 bridgehead atoms. The quantitative estimate of drug-likeness (QED) is 0.813. The Balaban J connectivity index is 2.02. The summed E-state index contributed by atoms with van der Waals surface area (Å²) in [5.74, 6) is 0. The molecule has 2 N–H and O–H groups in total. The monoisotopic (exact) mass is 244 g/mol. The van der Waals surface area contributed by atoms with Crippen molar-refractivity contribution >= 4 is 29.1 Å². The number of anilines is 1. The summed E-state index contributed by atoms with van der Waals surface area (Å²) >= 11 is 7.58. The van der Waals surface area contributed by atoms with E-state index in [1.54, 1.807) is 17.8 Å². The standard InChI is InChI=1S/C10H13ClN2OS/c11-9-5-7(12)6-10(13-9)15-8-1-3-14-4-2-8/h5-6,8H,1-4H2,(H2,12,13). The number of thioether (sulfide) groups is 1. The van der Waals surface area contributed by atoms with E-state index < -0.39 is 0 Å². The van der Waals surface area contributed by atoms with Gasteiger partial charge >= 0.3 is 0 Å². The number of pyridine rings is 1. The topological polar surface area (TPSA) is 48.1 Å². The highest BCUT2D eigenvalue weighted by atomic mass is 35.5. The van der Waals surface area contributed by atoms with Gasteiger partial charge in [0.15, 0.2) is 0 Å². The highest BCUT2D eigenvalue weighted by Crippen LogP contribution is 2.30. The van der Waals surface area contributed by atoms with Crippen molar-refractivity contribution in [1.82, 2.24) is 4.98 Å². The number of aromatic nitrogens is 1. The van der Waals surface area contributed by atoms with Crippen LogP contribution in [-0.2, 0) is 4.74 Å². The summed E-state index contributed by atoms with van der Waals surface area (Å²) in [5, 5.41) is 1.94. The first-order valence-corrected chi connectivity index (χ1v) is 6.17. The molecule has 0 unspecified atom stereocenters. The maximum absolute atomic E-state index is 5.84. The van der Waals surface area contributed by atoms with E-state index in [1.165, 1.54) is 0 Å². The first-order chi connectivity index (χ1) is 7.24. The van der Waals surface area contributed by atoms with Gasteiger partial charge in [-0.25, -0.2) is 4.98 Å². The molecule has 1 aliphatic rings. The molecule has 0 spiro atoms. The lowest BCUT2D eigenvalue weighted by Gasteiger charge is -2.21. The SMILES string of the molecule is Nc1cc(Cl)nc(SC2CCOCC2)c1. The second kappa shape index (κ2) is 5.05. The van der Waals surface area contributed by atoms with Crippen LogP contribution >= 0.6 is 23.4 Å². The molecule has 0 radical (unpaired) electrons. The Morgan fingerprint density at radius 2 is 2.13 bits per heavy atom. The van der Waals surface area contributed by atoms with Crippen LogP contribution in [0.5, 0.6) is 0 Å². The van der Waals surface area contributed by atoms with Crippen LogP contribution in [0.1, 0.15) is 12.8 Å². The lowest BCUT2D eigenvalue weighted by atomic mass is 10.2. The molecule has 1 aromatic heterocycles. The van der Waals surface area contributed by atoms with Crippen LogP contribution in [0, 0.1) is 0 Å². The number of hydrogen-bond donors (Lipinski definition) is 1. The smallest absolute Gasteiger partial charge is 0.132 e. The van der Waals surface area contributed by atoms with Crippen molar-refractivity contribution in [3.05, 3.63) is 17.3 Å². The van der Waals surface area contributed by atoms with Crippen molar-refractivity contribution in [2.24, 2.45) is 0 Å². The first-order valence-electron chi connectivity index (χ1n) is 4.91. The van der Waals surface area contributed by atoms with Crippen molar-refractivity contribution in [3.8, 4) is 0 Å². The third-order valence-corrected chi connectivity index (χ3v) is 3.70. The molecular formula is C10H13ClN2OS. The van der Waals surface area contributed by atoms with Gasteiger partial charge in [-0.15, -0.1) is 11.8 Å². The van der Waals surface area contributed by atoms with E-state index in [-0.39, 0.29) is 0 Å². The maximum atomic E-state index is 5.84. The van der Waals surface area contributed by atoms with Gasteiger partial charge in [-0.2, -0.15) is 0 Å². The second-order valence-corrected chi connectivity index (χ2v) is 5.20. The number of nitrogens with two attached hydrogens (primary N) is 1. The number of nitrogens with zero attached hydrogens (tertiary/aromatic N) is 1. The van der Waals surface area contributed by atoms with Gasteiger partial charge in [-0.05, 0) is 25.0 Å². The lowest BCUT2D eigenvalue weighted by molar-refractivity contribution is 0.1000. The van der Waals surface area contributed by atoms with Crippen LogP contribution in [0.2, 0.25) is 5.15 Å². The molecule has 0 atom stereocenters. The number of halogens is 1. The Kier molecular flexibility index (Phi) is 3.72. The molecule has 0 saturated carbocycles. The normalized spacial score (nSPS) is 17.9. The fourth-order valence-corrected chi connectivity index (χ4v) is 2.91. The fourth-order valence-electron chi connectivity index (χ4n) is 1.52. The molecule has 1 fully saturated rings. The minimum Gasteiger partial charge on any atom is -0.399 e. The van der Waals surface area contributed by atoms with Crippen molar-refractivity contribution in [2.75, 3.05) is 18.9 Å². The molecule has 2 heterocycles. The molecule has 82 valence electrons. The zero-order chi connectivity index (χ0) is 10.7. The Bertz CT molecular complexity index is 322. The zero-order valence-corrected chi connectivity index (χ0v) is 9.85. The summed E-state index contributed by atoms with van der Waals surface area (Å²) < 4.78 is 5.30. The Hall–Kier alpha value is -0.450. The third kappa shape index (κ3) is 3.26. The van der Waals surface area contributed by atoms with Crippen LogP contribution < -0.4 is 5.73 Å². The third-order valence-electron chi connectivity index (χ3n) is 2.25. The number of nitrogen functional groups attached to an aromatic ring is 1. The fraction of sp³-hybridized carbons (Fsp3) is 0.500. The summed E-state index contributed by atoms with van der Waals surface area (Å²) in [6, 6.07) is 3.53. The Morgan fingerprint density at radius 1 is 1.40 bits per heavy atom. The van der Waals surface area contributed by atoms with Gasteiger partial charge in [0.05, 0.1) is 0 Å². The van der Waals surface area contributed by atoms with Gasteiger partial charge in [0.25, 0.3) is 0 Å². The van der Waals surface area contributed by atoms with Crippen molar-refractivity contribution in [3.63, 3.8) is 0 Å². The van der Waals surface area contributed by atoms with Gasteiger partial charge < -0.3 is 10.5 Å². The molecule has 2 rings (SSSR count). The average Bonchev–Trinajstić information content (AvgIpc) is 2.17. The minimum atomic E-state index is 0.463. The highest BCUT2D eigenvalue weighted by Gasteiger charge is 2.15. The molecule has 0 aliphatic carbocycles. The molecule has 1 saturated heterocycles. The van der Waals surface area contributed by atoms with E-state index in [0.717, 1.165) is 31.1 Å². The predicted molar refractivity (Wildman–Crippen MR) is 63.4 cm³/mol. The Morgan fingerprint density at radius 3 is 2.80 bits per heavy atom. The number of ether oxygens (including phenoxy) is 1. The van der Waals surface area contributed by atoms with Crippen LogP contribution in [0.25, 0.3) is 0 Å². The van der Waals surface area contributed by atoms with Crippen molar-refractivity contribution in [2.45, 2.75) is 23.1 Å². The maximum Gasteiger partial charge on any atom is 0.132 e. The van der Waals surface area contributed by atoms with Crippen LogP contribution in [0.15, 0.2) is 17.2 Å². The van der Waals surface area contributed by atoms with Gasteiger partial charge in [-0.3, -0.25) is 0 Å². The largest absolute Gasteiger partial charge is 0.399 e. The summed E-state index contributed by atoms with van der Waals surface area (Å²) in [5.41, 5.74) is 6.37. The summed E-state index contributed by atoms with van der Waals surface area (Å²) in [6.45, 7) is 1.68. The first kappa shape index (κ1) is 11.0. The predicted octanol–water partition coefficient (Wildman–Crippen LogP) is 2.59. The highest BCUT2D eigenvalue weighted by molar-refractivity contribution is 7.99. The van der Waals surface area contributed by atoms with Gasteiger partial charge in [0.2, 0.25) is 0 Å². The molecular weight excluding hydrogens is 232 g/mol. The minimum absolute atomic E-state index is 0.463. The van der Waals surface area contributed by atoms with E-state index >= 15 is 0 Å². The zero-order valence-electron chi connectivity index (χ0n) is 8.28. The molecule has 5 heteroatoms. The van der Waals surface area contributed by atoms with Crippen LogP contribution in [0.4, 0.5) is 5.69 Å². The van der Waals surface area contributed by atoms with Crippen LogP contribution in [-0.4, -0.2) is 23.4 Å². The van der Waals surface area contributed by atoms with Gasteiger partial charge in [-0.1, -0.05) is 11.6 Å². The van der Waals surface area contributed by atoms with E-state index in [9.17, 15) is 0 Å². The summed E-state index contributed by atoms with van der Waals surface area (Å²) in [4.78, 5) is 4.24. The molecule has 15 heavy (non-hydrogen) atoms. The van der Waals surface area contributed by atoms with Gasteiger partial charge in [0, 0.05) is 24.2 Å². The number of rotatable bonds is 2. The second-order valence-electron chi connectivity index (χ2n) is 3.49. The van der Waals surface area contributed by atoms with E-state index in [4.69, 9.17) is 22.1 Å². The van der Waals surface area contributed by atoms with Crippen LogP contribution in [0.3, 0.4) is 0 Å². The summed E-state index contributed by atoms with van der Waals surface area (Å²) in [6.07, 6.45) is 2.14. The van der Waals surface area contributed by atoms with Crippen molar-refractivity contribution in [1.29, 1.82) is 0 Å². The van der Waals surface area contributed by atoms with Gasteiger partial charge in [0.1, 0.15) is 10.2 Å². The summed E-state index contributed by atoms with van der Waals surface area (Å²) in [7, 11) is 0. The molecule has 3 nitrogen and oxygen atoms in total. The van der Waals surface area contributed by atoms with E-state index in [0.29, 0.717) is 16.1 Å². The Labute approximate surface area is 98.3 Å². The molecule has 1 aromatic rings.